The molecule has 2 aliphatic heterocycles. The van der Waals surface area contributed by atoms with Crippen LogP contribution in [0.2, 0.25) is 0 Å². The van der Waals surface area contributed by atoms with Crippen molar-refractivity contribution in [2.24, 2.45) is 11.8 Å². The first kappa shape index (κ1) is 17.3. The van der Waals surface area contributed by atoms with Crippen molar-refractivity contribution in [2.75, 3.05) is 18.0 Å². The molecule has 1 aliphatic carbocycles. The number of carbonyl (C=O) groups excluding carboxylic acids is 3. The molecular weight excluding hydrogens is 328 g/mol. The molecule has 26 heavy (non-hydrogen) atoms. The van der Waals surface area contributed by atoms with Gasteiger partial charge in [0.25, 0.3) is 0 Å². The summed E-state index contributed by atoms with van der Waals surface area (Å²) in [6.45, 7) is 2.99. The summed E-state index contributed by atoms with van der Waals surface area (Å²) in [7, 11) is 0. The lowest BCUT2D eigenvalue weighted by Crippen LogP contribution is -2.39. The molecule has 1 aromatic rings. The Bertz CT molecular complexity index is 734. The van der Waals surface area contributed by atoms with Gasteiger partial charge in [-0.3, -0.25) is 19.3 Å². The van der Waals surface area contributed by atoms with Gasteiger partial charge in [-0.15, -0.1) is 0 Å². The van der Waals surface area contributed by atoms with Crippen LogP contribution in [-0.2, 0) is 20.8 Å². The Hall–Kier alpha value is -2.17. The monoisotopic (exact) mass is 354 g/mol. The first-order valence-electron chi connectivity index (χ1n) is 9.81. The van der Waals surface area contributed by atoms with Gasteiger partial charge in [0.05, 0.1) is 11.8 Å². The first-order chi connectivity index (χ1) is 12.6. The van der Waals surface area contributed by atoms with Gasteiger partial charge in [0.1, 0.15) is 0 Å². The van der Waals surface area contributed by atoms with Gasteiger partial charge in [-0.25, -0.2) is 0 Å². The van der Waals surface area contributed by atoms with E-state index in [1.54, 1.807) is 0 Å². The molecule has 1 aromatic carbocycles. The summed E-state index contributed by atoms with van der Waals surface area (Å²) in [6, 6.07) is 6.19. The molecule has 1 saturated carbocycles. The van der Waals surface area contributed by atoms with E-state index in [-0.39, 0.29) is 42.5 Å². The van der Waals surface area contributed by atoms with Gasteiger partial charge < -0.3 is 4.90 Å². The number of fused-ring (bicyclic) bond motifs is 2. The Morgan fingerprint density at radius 1 is 1.08 bits per heavy atom. The number of anilines is 1. The zero-order valence-corrected chi connectivity index (χ0v) is 15.4. The summed E-state index contributed by atoms with van der Waals surface area (Å²) in [5, 5.41) is 0. The van der Waals surface area contributed by atoms with Crippen molar-refractivity contribution in [3.05, 3.63) is 29.3 Å². The average molecular weight is 354 g/mol. The summed E-state index contributed by atoms with van der Waals surface area (Å²) >= 11 is 0. The lowest BCUT2D eigenvalue weighted by Gasteiger charge is -2.30. The van der Waals surface area contributed by atoms with E-state index in [9.17, 15) is 14.4 Å². The summed E-state index contributed by atoms with van der Waals surface area (Å²) < 4.78 is 0. The first-order valence-corrected chi connectivity index (χ1v) is 9.81. The van der Waals surface area contributed by atoms with Crippen molar-refractivity contribution in [2.45, 2.75) is 51.9 Å². The van der Waals surface area contributed by atoms with Crippen molar-refractivity contribution in [3.8, 4) is 0 Å². The molecule has 4 rings (SSSR count). The largest absolute Gasteiger partial charge is 0.312 e. The van der Waals surface area contributed by atoms with Crippen LogP contribution in [0.4, 0.5) is 5.69 Å². The number of benzene rings is 1. The van der Waals surface area contributed by atoms with Crippen LogP contribution in [0.1, 0.15) is 49.7 Å². The lowest BCUT2D eigenvalue weighted by atomic mass is 9.81. The number of rotatable bonds is 3. The van der Waals surface area contributed by atoms with Crippen LogP contribution in [0.3, 0.4) is 0 Å². The number of hydrogen-bond donors (Lipinski definition) is 0. The van der Waals surface area contributed by atoms with Gasteiger partial charge in [0.15, 0.2) is 0 Å². The normalized spacial score (nSPS) is 25.3. The maximum atomic E-state index is 12.8. The van der Waals surface area contributed by atoms with E-state index in [2.05, 4.69) is 13.0 Å². The van der Waals surface area contributed by atoms with E-state index in [0.717, 1.165) is 44.2 Å². The smallest absolute Gasteiger partial charge is 0.233 e. The highest BCUT2D eigenvalue weighted by Gasteiger charge is 2.47. The fraction of sp³-hybridized carbons (Fsp3) is 0.571. The van der Waals surface area contributed by atoms with Crippen LogP contribution in [0.5, 0.6) is 0 Å². The van der Waals surface area contributed by atoms with E-state index in [0.29, 0.717) is 6.54 Å². The third-order valence-electron chi connectivity index (χ3n) is 6.14. The molecule has 2 fully saturated rings. The van der Waals surface area contributed by atoms with E-state index in [1.807, 2.05) is 17.0 Å². The van der Waals surface area contributed by atoms with Crippen LogP contribution in [-0.4, -0.2) is 35.7 Å². The van der Waals surface area contributed by atoms with Crippen molar-refractivity contribution in [1.29, 1.82) is 0 Å². The second-order valence-electron chi connectivity index (χ2n) is 7.86. The maximum absolute atomic E-state index is 12.8. The Morgan fingerprint density at radius 3 is 2.46 bits per heavy atom. The van der Waals surface area contributed by atoms with Gasteiger partial charge in [-0.05, 0) is 44.2 Å². The van der Waals surface area contributed by atoms with E-state index in [1.165, 1.54) is 16.0 Å². The summed E-state index contributed by atoms with van der Waals surface area (Å²) in [5.74, 6) is -0.371. The Balaban J connectivity index is 1.44. The van der Waals surface area contributed by atoms with Crippen molar-refractivity contribution in [3.63, 3.8) is 0 Å². The fourth-order valence-electron chi connectivity index (χ4n) is 4.78. The molecule has 0 N–H and O–H groups in total. The Labute approximate surface area is 154 Å². The van der Waals surface area contributed by atoms with Crippen LogP contribution >= 0.6 is 0 Å². The standard InChI is InChI=1S/C21H26N2O3/c1-14-8-9-18-15(13-14)5-4-11-22(18)19(24)10-12-23-20(25)16-6-2-3-7-17(16)21(23)26/h8-9,13,16-17H,2-7,10-12H2,1H3/t16-,17-/m0/s1. The lowest BCUT2D eigenvalue weighted by molar-refractivity contribution is -0.140. The summed E-state index contributed by atoms with van der Waals surface area (Å²) in [5.41, 5.74) is 3.40. The Morgan fingerprint density at radius 2 is 1.77 bits per heavy atom. The zero-order chi connectivity index (χ0) is 18.3. The van der Waals surface area contributed by atoms with E-state index >= 15 is 0 Å². The SMILES string of the molecule is Cc1ccc2c(c1)CCCN2C(=O)CCN1C(=O)[C@H]2CCCC[C@@H]2C1=O. The topological polar surface area (TPSA) is 57.7 Å². The minimum Gasteiger partial charge on any atom is -0.312 e. The molecule has 1 saturated heterocycles. The quantitative estimate of drug-likeness (QED) is 0.784. The molecule has 0 spiro atoms. The highest BCUT2D eigenvalue weighted by atomic mass is 16.2. The zero-order valence-electron chi connectivity index (χ0n) is 15.4. The van der Waals surface area contributed by atoms with Crippen LogP contribution in [0, 0.1) is 18.8 Å². The van der Waals surface area contributed by atoms with Gasteiger partial charge in [0.2, 0.25) is 17.7 Å². The van der Waals surface area contributed by atoms with Crippen molar-refractivity contribution in [1.82, 2.24) is 4.90 Å². The van der Waals surface area contributed by atoms with Gasteiger partial charge in [-0.1, -0.05) is 30.5 Å². The van der Waals surface area contributed by atoms with Crippen LogP contribution in [0.25, 0.3) is 0 Å². The summed E-state index contributed by atoms with van der Waals surface area (Å²) in [4.78, 5) is 41.1. The molecule has 5 heteroatoms. The van der Waals surface area contributed by atoms with Gasteiger partial charge in [-0.2, -0.15) is 0 Å². The number of nitrogens with zero attached hydrogens (tertiary/aromatic N) is 2. The molecule has 0 unspecified atom stereocenters. The molecule has 5 nitrogen and oxygen atoms in total. The predicted octanol–water partition coefficient (Wildman–Crippen LogP) is 2.84. The molecule has 3 amide bonds. The van der Waals surface area contributed by atoms with Crippen molar-refractivity contribution < 1.29 is 14.4 Å². The number of aryl methyl sites for hydroxylation is 2. The third-order valence-corrected chi connectivity index (χ3v) is 6.14. The molecule has 3 aliphatic rings. The van der Waals surface area contributed by atoms with E-state index < -0.39 is 0 Å². The third kappa shape index (κ3) is 2.93. The number of hydrogen-bond acceptors (Lipinski definition) is 3. The highest BCUT2D eigenvalue weighted by Crippen LogP contribution is 2.38. The molecular formula is C21H26N2O3. The maximum Gasteiger partial charge on any atom is 0.233 e. The minimum atomic E-state index is -0.134. The van der Waals surface area contributed by atoms with Crippen molar-refractivity contribution >= 4 is 23.4 Å². The minimum absolute atomic E-state index is 0.00488. The number of imide groups is 1. The number of likely N-dealkylation sites (tertiary alicyclic amines) is 1. The predicted molar refractivity (Wildman–Crippen MR) is 98.6 cm³/mol. The van der Waals surface area contributed by atoms with Crippen LogP contribution in [0.15, 0.2) is 18.2 Å². The highest BCUT2D eigenvalue weighted by molar-refractivity contribution is 6.05. The van der Waals surface area contributed by atoms with Gasteiger partial charge >= 0.3 is 0 Å². The average Bonchev–Trinajstić information content (AvgIpc) is 2.90. The molecule has 2 atom stereocenters. The molecule has 0 bridgehead atoms. The fourth-order valence-corrected chi connectivity index (χ4v) is 4.78. The Kier molecular flexibility index (Phi) is 4.55. The van der Waals surface area contributed by atoms with Crippen LogP contribution < -0.4 is 4.90 Å². The van der Waals surface area contributed by atoms with E-state index in [4.69, 9.17) is 0 Å². The molecule has 0 radical (unpaired) electrons. The number of amides is 3. The number of carbonyl (C=O) groups is 3. The molecule has 2 heterocycles. The summed E-state index contributed by atoms with van der Waals surface area (Å²) in [6.07, 6.45) is 5.84. The molecule has 0 aromatic heterocycles. The van der Waals surface area contributed by atoms with Gasteiger partial charge in [0, 0.05) is 25.2 Å². The second kappa shape index (κ2) is 6.86. The molecule has 138 valence electrons. The second-order valence-corrected chi connectivity index (χ2v) is 7.86.